The Labute approximate surface area is 110 Å². The van der Waals surface area contributed by atoms with Gasteiger partial charge in [-0.05, 0) is 36.4 Å². The zero-order chi connectivity index (χ0) is 12.4. The van der Waals surface area contributed by atoms with E-state index in [0.717, 1.165) is 21.7 Å². The molecule has 0 saturated heterocycles. The van der Waals surface area contributed by atoms with Crippen LogP contribution in [-0.4, -0.2) is 9.55 Å². The second-order valence-corrected chi connectivity index (χ2v) is 4.48. The third-order valence-corrected chi connectivity index (χ3v) is 3.08. The molecule has 3 aromatic rings. The molecule has 1 aromatic heterocycles. The highest BCUT2D eigenvalue weighted by Gasteiger charge is 2.00. The lowest BCUT2D eigenvalue weighted by atomic mass is 10.3. The van der Waals surface area contributed by atoms with Gasteiger partial charge in [-0.1, -0.05) is 23.7 Å². The van der Waals surface area contributed by atoms with Crippen LogP contribution in [0.15, 0.2) is 54.9 Å². The number of fused-ring (bicyclic) bond motifs is 1. The molecule has 0 radical (unpaired) electrons. The van der Waals surface area contributed by atoms with E-state index in [9.17, 15) is 0 Å². The van der Waals surface area contributed by atoms with Crippen LogP contribution in [0.2, 0.25) is 5.02 Å². The molecule has 2 aromatic carbocycles. The van der Waals surface area contributed by atoms with E-state index in [1.54, 1.807) is 0 Å². The maximum atomic E-state index is 5.85. The smallest absolute Gasteiger partial charge is 0.0973 e. The Morgan fingerprint density at radius 2 is 1.83 bits per heavy atom. The van der Waals surface area contributed by atoms with Crippen LogP contribution in [0, 0.1) is 0 Å². The van der Waals surface area contributed by atoms with Crippen molar-refractivity contribution in [2.75, 3.05) is 5.32 Å². The topological polar surface area (TPSA) is 29.9 Å². The van der Waals surface area contributed by atoms with E-state index < -0.39 is 0 Å². The summed E-state index contributed by atoms with van der Waals surface area (Å²) in [5.74, 6) is 0. The third-order valence-electron chi connectivity index (χ3n) is 2.83. The van der Waals surface area contributed by atoms with Crippen molar-refractivity contribution >= 4 is 28.3 Å². The highest BCUT2D eigenvalue weighted by atomic mass is 35.5. The Morgan fingerprint density at radius 1 is 1.06 bits per heavy atom. The fourth-order valence-corrected chi connectivity index (χ4v) is 2.01. The number of nitrogens with zero attached hydrogens (tertiary/aromatic N) is 2. The fourth-order valence-electron chi connectivity index (χ4n) is 1.88. The van der Waals surface area contributed by atoms with Gasteiger partial charge in [0.15, 0.2) is 0 Å². The second-order valence-electron chi connectivity index (χ2n) is 4.04. The largest absolute Gasteiger partial charge is 0.367 e. The summed E-state index contributed by atoms with van der Waals surface area (Å²) in [6, 6.07) is 15.7. The third kappa shape index (κ3) is 2.17. The highest BCUT2D eigenvalue weighted by molar-refractivity contribution is 6.30. The summed E-state index contributed by atoms with van der Waals surface area (Å²) in [4.78, 5) is 4.35. The molecule has 0 bridgehead atoms. The molecule has 90 valence electrons. The quantitative estimate of drug-likeness (QED) is 0.774. The van der Waals surface area contributed by atoms with Crippen molar-refractivity contribution in [1.29, 1.82) is 0 Å². The molecule has 0 aliphatic carbocycles. The van der Waals surface area contributed by atoms with E-state index in [4.69, 9.17) is 11.6 Å². The van der Waals surface area contributed by atoms with Gasteiger partial charge in [0.1, 0.15) is 0 Å². The number of anilines is 1. The summed E-state index contributed by atoms with van der Waals surface area (Å²) in [6.07, 6.45) is 1.84. The van der Waals surface area contributed by atoms with Gasteiger partial charge in [-0.15, -0.1) is 0 Å². The molecule has 18 heavy (non-hydrogen) atoms. The first-order valence-corrected chi connectivity index (χ1v) is 6.10. The molecule has 3 rings (SSSR count). The molecular formula is C14H12ClN3. The first kappa shape index (κ1) is 11.1. The number of para-hydroxylation sites is 2. The van der Waals surface area contributed by atoms with Gasteiger partial charge in [0, 0.05) is 10.7 Å². The average Bonchev–Trinajstić information content (AvgIpc) is 2.82. The maximum Gasteiger partial charge on any atom is 0.0973 e. The number of halogens is 1. The van der Waals surface area contributed by atoms with Crippen molar-refractivity contribution in [3.8, 4) is 0 Å². The van der Waals surface area contributed by atoms with Crippen LogP contribution in [0.25, 0.3) is 11.0 Å². The van der Waals surface area contributed by atoms with Crippen LogP contribution >= 0.6 is 11.6 Å². The van der Waals surface area contributed by atoms with Gasteiger partial charge in [-0.2, -0.15) is 0 Å². The van der Waals surface area contributed by atoms with Crippen molar-refractivity contribution in [3.05, 3.63) is 59.9 Å². The number of imidazole rings is 1. The van der Waals surface area contributed by atoms with Crippen molar-refractivity contribution < 1.29 is 0 Å². The van der Waals surface area contributed by atoms with Gasteiger partial charge in [0.2, 0.25) is 0 Å². The normalized spacial score (nSPS) is 10.7. The molecule has 1 N–H and O–H groups in total. The first-order chi connectivity index (χ1) is 8.83. The zero-order valence-corrected chi connectivity index (χ0v) is 10.4. The van der Waals surface area contributed by atoms with E-state index in [1.807, 2.05) is 48.8 Å². The van der Waals surface area contributed by atoms with Crippen LogP contribution in [0.5, 0.6) is 0 Å². The summed E-state index contributed by atoms with van der Waals surface area (Å²) in [5, 5.41) is 4.07. The van der Waals surface area contributed by atoms with E-state index in [-0.39, 0.29) is 0 Å². The highest BCUT2D eigenvalue weighted by Crippen LogP contribution is 2.15. The minimum absolute atomic E-state index is 0.683. The molecule has 0 aliphatic heterocycles. The summed E-state index contributed by atoms with van der Waals surface area (Å²) in [7, 11) is 0. The Kier molecular flexibility index (Phi) is 2.90. The Bertz CT molecular complexity index is 658. The van der Waals surface area contributed by atoms with Crippen LogP contribution in [0.4, 0.5) is 5.69 Å². The molecule has 0 amide bonds. The average molecular weight is 258 g/mol. The zero-order valence-electron chi connectivity index (χ0n) is 9.68. The predicted octanol–water partition coefficient (Wildman–Crippen LogP) is 3.76. The summed E-state index contributed by atoms with van der Waals surface area (Å²) < 4.78 is 2.07. The summed E-state index contributed by atoms with van der Waals surface area (Å²) in [6.45, 7) is 0.683. The monoisotopic (exact) mass is 257 g/mol. The lowest BCUT2D eigenvalue weighted by molar-refractivity contribution is 0.800. The second kappa shape index (κ2) is 4.70. The molecule has 1 heterocycles. The van der Waals surface area contributed by atoms with Crippen LogP contribution < -0.4 is 5.32 Å². The lowest BCUT2D eigenvalue weighted by Gasteiger charge is -2.08. The first-order valence-electron chi connectivity index (χ1n) is 5.72. The molecule has 3 nitrogen and oxygen atoms in total. The number of benzene rings is 2. The van der Waals surface area contributed by atoms with Gasteiger partial charge < -0.3 is 9.88 Å². The number of hydrogen-bond acceptors (Lipinski definition) is 2. The minimum Gasteiger partial charge on any atom is -0.367 e. The summed E-state index contributed by atoms with van der Waals surface area (Å²) >= 11 is 5.85. The summed E-state index contributed by atoms with van der Waals surface area (Å²) in [5.41, 5.74) is 3.17. The number of aromatic nitrogens is 2. The van der Waals surface area contributed by atoms with E-state index >= 15 is 0 Å². The standard InChI is InChI=1S/C14H12ClN3/c15-11-5-7-12(8-6-11)16-9-18-10-17-13-3-1-2-4-14(13)18/h1-8,10,16H,9H2. The fraction of sp³-hybridized carbons (Fsp3) is 0.0714. The molecular weight excluding hydrogens is 246 g/mol. The van der Waals surface area contributed by atoms with Gasteiger partial charge in [-0.3, -0.25) is 0 Å². The molecule has 0 spiro atoms. The van der Waals surface area contributed by atoms with E-state index in [2.05, 4.69) is 20.9 Å². The number of nitrogens with one attached hydrogen (secondary N) is 1. The van der Waals surface area contributed by atoms with Gasteiger partial charge in [-0.25, -0.2) is 4.98 Å². The van der Waals surface area contributed by atoms with Crippen molar-refractivity contribution in [3.63, 3.8) is 0 Å². The van der Waals surface area contributed by atoms with Crippen LogP contribution in [0.1, 0.15) is 0 Å². The number of hydrogen-bond donors (Lipinski definition) is 1. The maximum absolute atomic E-state index is 5.85. The Hall–Kier alpha value is -2.00. The molecule has 0 atom stereocenters. The molecule has 0 saturated carbocycles. The van der Waals surface area contributed by atoms with E-state index in [0.29, 0.717) is 6.67 Å². The predicted molar refractivity (Wildman–Crippen MR) is 74.8 cm³/mol. The van der Waals surface area contributed by atoms with Crippen molar-refractivity contribution in [2.45, 2.75) is 6.67 Å². The van der Waals surface area contributed by atoms with Gasteiger partial charge in [0.25, 0.3) is 0 Å². The van der Waals surface area contributed by atoms with E-state index in [1.165, 1.54) is 0 Å². The Balaban J connectivity index is 1.79. The SMILES string of the molecule is Clc1ccc(NCn2cnc3ccccc32)cc1. The molecule has 4 heteroatoms. The molecule has 0 aliphatic rings. The molecule has 0 unspecified atom stereocenters. The van der Waals surface area contributed by atoms with Crippen molar-refractivity contribution in [1.82, 2.24) is 9.55 Å². The van der Waals surface area contributed by atoms with Crippen molar-refractivity contribution in [2.24, 2.45) is 0 Å². The Morgan fingerprint density at radius 3 is 2.67 bits per heavy atom. The lowest BCUT2D eigenvalue weighted by Crippen LogP contribution is -2.06. The van der Waals surface area contributed by atoms with Crippen LogP contribution in [0.3, 0.4) is 0 Å². The van der Waals surface area contributed by atoms with Gasteiger partial charge >= 0.3 is 0 Å². The number of rotatable bonds is 3. The molecule has 0 fully saturated rings. The minimum atomic E-state index is 0.683. The van der Waals surface area contributed by atoms with Crippen LogP contribution in [-0.2, 0) is 6.67 Å². The van der Waals surface area contributed by atoms with Gasteiger partial charge in [0.05, 0.1) is 24.0 Å².